The Bertz CT molecular complexity index is 946. The summed E-state index contributed by atoms with van der Waals surface area (Å²) in [5.41, 5.74) is 1.03. The van der Waals surface area contributed by atoms with Crippen LogP contribution < -0.4 is 0 Å². The van der Waals surface area contributed by atoms with Crippen LogP contribution in [0.2, 0.25) is 0 Å². The SMILES string of the molecule is CCOC(=O)c1oc2ccc(Br)cc2c1COC(=O)C1C[C@H]2CCC[C@H](C1)C2=O. The van der Waals surface area contributed by atoms with Crippen molar-refractivity contribution >= 4 is 44.6 Å². The molecule has 0 spiro atoms. The van der Waals surface area contributed by atoms with E-state index in [4.69, 9.17) is 13.9 Å². The molecular weight excluding hydrogens is 440 g/mol. The lowest BCUT2D eigenvalue weighted by atomic mass is 9.67. The van der Waals surface area contributed by atoms with Crippen molar-refractivity contribution in [3.05, 3.63) is 34.0 Å². The molecule has 2 saturated carbocycles. The highest BCUT2D eigenvalue weighted by molar-refractivity contribution is 9.10. The summed E-state index contributed by atoms with van der Waals surface area (Å²) in [6.45, 7) is 1.87. The Hall–Kier alpha value is -2.15. The molecule has 2 aliphatic rings. The molecule has 0 radical (unpaired) electrons. The number of hydrogen-bond acceptors (Lipinski definition) is 6. The van der Waals surface area contributed by atoms with Crippen molar-refractivity contribution in [1.82, 2.24) is 0 Å². The Labute approximate surface area is 177 Å². The molecule has 29 heavy (non-hydrogen) atoms. The summed E-state index contributed by atoms with van der Waals surface area (Å²) in [6, 6.07) is 5.39. The lowest BCUT2D eigenvalue weighted by Gasteiger charge is -2.36. The standard InChI is InChI=1S/C22H23BrO6/c1-2-27-22(26)20-17(16-10-15(23)6-7-18(16)29-20)11-28-21(25)14-8-12-4-3-5-13(9-14)19(12)24/h6-7,10,12-14H,2-5,8-9,11H2,1H3/t12-,13-/m1/s1. The maximum absolute atomic E-state index is 12.8. The van der Waals surface area contributed by atoms with Crippen LogP contribution in [0.15, 0.2) is 27.1 Å². The first-order valence-electron chi connectivity index (χ1n) is 10.1. The van der Waals surface area contributed by atoms with Crippen LogP contribution in [-0.4, -0.2) is 24.3 Å². The molecule has 6 nitrogen and oxygen atoms in total. The van der Waals surface area contributed by atoms with Gasteiger partial charge in [0, 0.05) is 21.7 Å². The van der Waals surface area contributed by atoms with Gasteiger partial charge in [-0.05, 0) is 50.8 Å². The number of esters is 2. The van der Waals surface area contributed by atoms with Gasteiger partial charge in [0.15, 0.2) is 0 Å². The Morgan fingerprint density at radius 2 is 1.90 bits per heavy atom. The number of fused-ring (bicyclic) bond motifs is 3. The highest BCUT2D eigenvalue weighted by Crippen LogP contribution is 2.40. The molecular formula is C22H23BrO6. The fraction of sp³-hybridized carbons (Fsp3) is 0.500. The summed E-state index contributed by atoms with van der Waals surface area (Å²) >= 11 is 3.42. The van der Waals surface area contributed by atoms with Gasteiger partial charge in [-0.2, -0.15) is 0 Å². The van der Waals surface area contributed by atoms with Gasteiger partial charge in [-0.1, -0.05) is 22.4 Å². The predicted molar refractivity (Wildman–Crippen MR) is 108 cm³/mol. The first kappa shape index (κ1) is 20.1. The summed E-state index contributed by atoms with van der Waals surface area (Å²) < 4.78 is 17.2. The number of ether oxygens (including phenoxy) is 2. The minimum absolute atomic E-state index is 0.0131. The zero-order valence-corrected chi connectivity index (χ0v) is 17.8. The van der Waals surface area contributed by atoms with Crippen molar-refractivity contribution in [1.29, 1.82) is 0 Å². The Morgan fingerprint density at radius 1 is 1.17 bits per heavy atom. The van der Waals surface area contributed by atoms with Gasteiger partial charge in [-0.25, -0.2) is 4.79 Å². The lowest BCUT2D eigenvalue weighted by Crippen LogP contribution is -2.39. The zero-order valence-electron chi connectivity index (χ0n) is 16.2. The maximum Gasteiger partial charge on any atom is 0.374 e. The van der Waals surface area contributed by atoms with E-state index in [9.17, 15) is 14.4 Å². The molecule has 0 saturated heterocycles. The molecule has 0 unspecified atom stereocenters. The average molecular weight is 463 g/mol. The van der Waals surface area contributed by atoms with E-state index >= 15 is 0 Å². The molecule has 2 atom stereocenters. The van der Waals surface area contributed by atoms with Gasteiger partial charge in [-0.15, -0.1) is 0 Å². The molecule has 4 rings (SSSR count). The van der Waals surface area contributed by atoms with E-state index in [2.05, 4.69) is 15.9 Å². The average Bonchev–Trinajstić information content (AvgIpc) is 3.04. The zero-order chi connectivity index (χ0) is 20.5. The smallest absolute Gasteiger partial charge is 0.374 e. The van der Waals surface area contributed by atoms with Crippen LogP contribution in [0.4, 0.5) is 0 Å². The fourth-order valence-corrected chi connectivity index (χ4v) is 4.92. The third kappa shape index (κ3) is 3.97. The van der Waals surface area contributed by atoms with Crippen molar-refractivity contribution in [2.45, 2.75) is 45.6 Å². The quantitative estimate of drug-likeness (QED) is 0.592. The number of furan rings is 1. The van der Waals surface area contributed by atoms with E-state index in [-0.39, 0.29) is 42.7 Å². The van der Waals surface area contributed by atoms with Gasteiger partial charge >= 0.3 is 11.9 Å². The predicted octanol–water partition coefficient (Wildman–Crippen LogP) is 4.81. The Morgan fingerprint density at radius 3 is 2.59 bits per heavy atom. The van der Waals surface area contributed by atoms with Crippen LogP contribution in [-0.2, 0) is 25.7 Å². The van der Waals surface area contributed by atoms with Gasteiger partial charge in [0.25, 0.3) is 0 Å². The molecule has 2 bridgehead atoms. The molecule has 154 valence electrons. The third-order valence-corrected chi connectivity index (χ3v) is 6.45. The van der Waals surface area contributed by atoms with Crippen LogP contribution in [0, 0.1) is 17.8 Å². The third-order valence-electron chi connectivity index (χ3n) is 5.95. The molecule has 2 fully saturated rings. The molecule has 1 aromatic carbocycles. The minimum atomic E-state index is -0.580. The normalized spacial score (nSPS) is 23.8. The van der Waals surface area contributed by atoms with Crippen LogP contribution in [0.3, 0.4) is 0 Å². The highest BCUT2D eigenvalue weighted by atomic mass is 79.9. The van der Waals surface area contributed by atoms with Crippen molar-refractivity contribution in [2.75, 3.05) is 6.61 Å². The molecule has 2 aromatic rings. The van der Waals surface area contributed by atoms with Gasteiger partial charge in [-0.3, -0.25) is 9.59 Å². The Kier molecular flexibility index (Phi) is 5.76. The first-order valence-corrected chi connectivity index (χ1v) is 10.9. The summed E-state index contributed by atoms with van der Waals surface area (Å²) in [6.07, 6.45) is 3.92. The number of hydrogen-bond donors (Lipinski definition) is 0. The number of benzene rings is 1. The van der Waals surface area contributed by atoms with Crippen molar-refractivity contribution in [3.8, 4) is 0 Å². The van der Waals surface area contributed by atoms with E-state index in [1.807, 2.05) is 12.1 Å². The monoisotopic (exact) mass is 462 g/mol. The molecule has 1 heterocycles. The molecule has 0 aliphatic heterocycles. The van der Waals surface area contributed by atoms with E-state index < -0.39 is 5.97 Å². The molecule has 1 aromatic heterocycles. The van der Waals surface area contributed by atoms with Crippen molar-refractivity contribution in [2.24, 2.45) is 17.8 Å². The Balaban J connectivity index is 1.53. The summed E-state index contributed by atoms with van der Waals surface area (Å²) in [4.78, 5) is 37.3. The molecule has 7 heteroatoms. The lowest BCUT2D eigenvalue weighted by molar-refractivity contribution is -0.154. The number of Topliss-reactive ketones (excluding diaryl/α,β-unsaturated/α-hetero) is 1. The van der Waals surface area contributed by atoms with Gasteiger partial charge in [0.05, 0.1) is 18.1 Å². The fourth-order valence-electron chi connectivity index (χ4n) is 4.56. The number of carbonyl (C=O) groups excluding carboxylic acids is 3. The van der Waals surface area contributed by atoms with Crippen molar-refractivity contribution in [3.63, 3.8) is 0 Å². The van der Waals surface area contributed by atoms with E-state index in [0.717, 1.165) is 23.7 Å². The van der Waals surface area contributed by atoms with Crippen LogP contribution in [0.5, 0.6) is 0 Å². The summed E-state index contributed by atoms with van der Waals surface area (Å²) in [7, 11) is 0. The van der Waals surface area contributed by atoms with Gasteiger partial charge in [0.2, 0.25) is 5.76 Å². The molecule has 0 amide bonds. The summed E-state index contributed by atoms with van der Waals surface area (Å²) in [5, 5.41) is 0.700. The van der Waals surface area contributed by atoms with Crippen LogP contribution in [0.1, 0.15) is 55.1 Å². The van der Waals surface area contributed by atoms with E-state index in [1.54, 1.807) is 13.0 Å². The second-order valence-electron chi connectivity index (χ2n) is 7.77. The van der Waals surface area contributed by atoms with Gasteiger partial charge in [0.1, 0.15) is 18.0 Å². The number of rotatable bonds is 5. The second-order valence-corrected chi connectivity index (χ2v) is 8.69. The number of halogens is 1. The van der Waals surface area contributed by atoms with Gasteiger partial charge < -0.3 is 13.9 Å². The second kappa shape index (κ2) is 8.30. The summed E-state index contributed by atoms with van der Waals surface area (Å²) in [5.74, 6) is -0.808. The molecule has 0 N–H and O–H groups in total. The van der Waals surface area contributed by atoms with Crippen molar-refractivity contribution < 1.29 is 28.3 Å². The van der Waals surface area contributed by atoms with E-state index in [0.29, 0.717) is 35.2 Å². The first-order chi connectivity index (χ1) is 14.0. The van der Waals surface area contributed by atoms with Crippen LogP contribution in [0.25, 0.3) is 11.0 Å². The number of carbonyl (C=O) groups is 3. The van der Waals surface area contributed by atoms with E-state index in [1.165, 1.54) is 0 Å². The van der Waals surface area contributed by atoms with Crippen LogP contribution >= 0.6 is 15.9 Å². The largest absolute Gasteiger partial charge is 0.460 e. The number of ketones is 1. The topological polar surface area (TPSA) is 82.8 Å². The minimum Gasteiger partial charge on any atom is -0.460 e. The maximum atomic E-state index is 12.8. The molecule has 2 aliphatic carbocycles. The highest BCUT2D eigenvalue weighted by Gasteiger charge is 2.42.